The number of rotatable bonds is 6. The predicted octanol–water partition coefficient (Wildman–Crippen LogP) is 4.41. The number of hydrogen-bond donors (Lipinski definition) is 0. The Kier molecular flexibility index (Phi) is 6.30. The molecule has 2 aliphatic rings. The minimum Gasteiger partial charge on any atom is -0.494 e. The first kappa shape index (κ1) is 17.5. The largest absolute Gasteiger partial charge is 0.494 e. The number of benzene rings is 1. The van der Waals surface area contributed by atoms with Gasteiger partial charge in [-0.25, -0.2) is 0 Å². The van der Waals surface area contributed by atoms with E-state index in [0.717, 1.165) is 50.1 Å². The molecule has 2 atom stereocenters. The van der Waals surface area contributed by atoms with Crippen molar-refractivity contribution in [1.29, 1.82) is 0 Å². The van der Waals surface area contributed by atoms with E-state index in [1.807, 2.05) is 0 Å². The van der Waals surface area contributed by atoms with Crippen LogP contribution in [0.1, 0.15) is 51.5 Å². The number of ether oxygens (including phenoxy) is 1. The predicted molar refractivity (Wildman–Crippen MR) is 101 cm³/mol. The lowest BCUT2D eigenvalue weighted by Crippen LogP contribution is -2.39. The van der Waals surface area contributed by atoms with Crippen molar-refractivity contribution in [2.45, 2.75) is 46.0 Å². The van der Waals surface area contributed by atoms with Gasteiger partial charge in [-0.3, -0.25) is 4.99 Å². The fourth-order valence-corrected chi connectivity index (χ4v) is 4.13. The van der Waals surface area contributed by atoms with Gasteiger partial charge < -0.3 is 9.64 Å². The van der Waals surface area contributed by atoms with Crippen molar-refractivity contribution in [3.63, 3.8) is 0 Å². The molecule has 2 unspecified atom stereocenters. The Labute approximate surface area is 147 Å². The molecule has 0 saturated carbocycles. The van der Waals surface area contributed by atoms with E-state index in [2.05, 4.69) is 48.0 Å². The Balaban J connectivity index is 1.40. The van der Waals surface area contributed by atoms with Gasteiger partial charge in [0, 0.05) is 31.9 Å². The molecule has 3 nitrogen and oxygen atoms in total. The second kappa shape index (κ2) is 8.66. The molecule has 2 aliphatic heterocycles. The molecule has 2 heterocycles. The zero-order chi connectivity index (χ0) is 16.8. The third-order valence-electron chi connectivity index (χ3n) is 5.14. The minimum atomic E-state index is 0.805. The Bertz CT molecular complexity index is 527. The maximum absolute atomic E-state index is 5.93. The molecule has 0 amide bonds. The highest BCUT2D eigenvalue weighted by atomic mass is 16.5. The monoisotopic (exact) mass is 328 g/mol. The van der Waals surface area contributed by atoms with Gasteiger partial charge in [0.05, 0.1) is 6.61 Å². The minimum absolute atomic E-state index is 0.805. The van der Waals surface area contributed by atoms with Gasteiger partial charge in [0.1, 0.15) is 5.75 Å². The Morgan fingerprint density at radius 2 is 1.83 bits per heavy atom. The number of hydrogen-bond acceptors (Lipinski definition) is 3. The second-order valence-corrected chi connectivity index (χ2v) is 7.72. The lowest BCUT2D eigenvalue weighted by atomic mass is 9.92. The molecule has 132 valence electrons. The smallest absolute Gasteiger partial charge is 0.119 e. The highest BCUT2D eigenvalue weighted by Crippen LogP contribution is 2.21. The van der Waals surface area contributed by atoms with Gasteiger partial charge in [0.15, 0.2) is 0 Å². The lowest BCUT2D eigenvalue weighted by molar-refractivity contribution is 0.132. The van der Waals surface area contributed by atoms with Crippen LogP contribution in [0.2, 0.25) is 0 Å². The summed E-state index contributed by atoms with van der Waals surface area (Å²) in [5.41, 5.74) is 2.53. The van der Waals surface area contributed by atoms with Crippen LogP contribution in [0, 0.1) is 11.8 Å². The fraction of sp³-hybridized carbons (Fsp3) is 0.667. The van der Waals surface area contributed by atoms with Crippen LogP contribution in [0.5, 0.6) is 5.75 Å². The van der Waals surface area contributed by atoms with Crippen molar-refractivity contribution in [3.8, 4) is 5.75 Å². The summed E-state index contributed by atoms with van der Waals surface area (Å²) < 4.78 is 5.93. The van der Waals surface area contributed by atoms with Crippen LogP contribution in [0.3, 0.4) is 0 Å². The molecular formula is C21H32N2O. The summed E-state index contributed by atoms with van der Waals surface area (Å²) in [6, 6.07) is 8.51. The van der Waals surface area contributed by atoms with Gasteiger partial charge in [-0.15, -0.1) is 0 Å². The summed E-state index contributed by atoms with van der Waals surface area (Å²) in [5.74, 6) is 2.66. The Hall–Kier alpha value is -1.35. The molecule has 0 N–H and O–H groups in total. The zero-order valence-electron chi connectivity index (χ0n) is 15.3. The van der Waals surface area contributed by atoms with Gasteiger partial charge in [-0.05, 0) is 73.8 Å². The Morgan fingerprint density at radius 3 is 2.50 bits per heavy atom. The molecular weight excluding hydrogens is 296 g/mol. The molecule has 0 aliphatic carbocycles. The van der Waals surface area contributed by atoms with Crippen molar-refractivity contribution < 1.29 is 4.74 Å². The molecule has 1 aromatic rings. The SMILES string of the molecule is CC1CC(C)CN(CCCOc2ccc(C3=NCCCC3)cc2)C1. The number of nitrogens with zero attached hydrogens (tertiary/aromatic N) is 2. The zero-order valence-corrected chi connectivity index (χ0v) is 15.3. The van der Waals surface area contributed by atoms with Crippen molar-refractivity contribution in [3.05, 3.63) is 29.8 Å². The molecule has 24 heavy (non-hydrogen) atoms. The summed E-state index contributed by atoms with van der Waals surface area (Å²) in [6.07, 6.45) is 6.11. The molecule has 1 saturated heterocycles. The van der Waals surface area contributed by atoms with Crippen LogP contribution < -0.4 is 4.74 Å². The molecule has 3 heteroatoms. The van der Waals surface area contributed by atoms with Gasteiger partial charge in [-0.1, -0.05) is 13.8 Å². The van der Waals surface area contributed by atoms with Crippen LogP contribution in [-0.4, -0.2) is 43.4 Å². The van der Waals surface area contributed by atoms with E-state index >= 15 is 0 Å². The average Bonchev–Trinajstić information content (AvgIpc) is 2.59. The maximum Gasteiger partial charge on any atom is 0.119 e. The van der Waals surface area contributed by atoms with Crippen molar-refractivity contribution in [2.24, 2.45) is 16.8 Å². The number of piperidine rings is 1. The van der Waals surface area contributed by atoms with Crippen molar-refractivity contribution >= 4 is 5.71 Å². The summed E-state index contributed by atoms with van der Waals surface area (Å²) >= 11 is 0. The molecule has 1 fully saturated rings. The van der Waals surface area contributed by atoms with E-state index in [1.165, 1.54) is 43.6 Å². The van der Waals surface area contributed by atoms with Gasteiger partial charge >= 0.3 is 0 Å². The Morgan fingerprint density at radius 1 is 1.08 bits per heavy atom. The van der Waals surface area contributed by atoms with Gasteiger partial charge in [0.2, 0.25) is 0 Å². The molecule has 0 spiro atoms. The van der Waals surface area contributed by atoms with Gasteiger partial charge in [0.25, 0.3) is 0 Å². The van der Waals surface area contributed by atoms with Crippen LogP contribution in [0.25, 0.3) is 0 Å². The molecule has 3 rings (SSSR count). The van der Waals surface area contributed by atoms with Gasteiger partial charge in [-0.2, -0.15) is 0 Å². The molecule has 0 aromatic heterocycles. The summed E-state index contributed by atoms with van der Waals surface area (Å²) in [7, 11) is 0. The maximum atomic E-state index is 5.93. The average molecular weight is 329 g/mol. The topological polar surface area (TPSA) is 24.8 Å². The van der Waals surface area contributed by atoms with E-state index in [0.29, 0.717) is 0 Å². The van der Waals surface area contributed by atoms with E-state index in [9.17, 15) is 0 Å². The van der Waals surface area contributed by atoms with Crippen LogP contribution in [0.4, 0.5) is 0 Å². The first-order valence-corrected chi connectivity index (χ1v) is 9.69. The first-order chi connectivity index (χ1) is 11.7. The summed E-state index contributed by atoms with van der Waals surface area (Å²) in [5, 5.41) is 0. The van der Waals surface area contributed by atoms with Crippen LogP contribution >= 0.6 is 0 Å². The normalized spacial score (nSPS) is 25.3. The molecule has 0 radical (unpaired) electrons. The van der Waals surface area contributed by atoms with E-state index in [4.69, 9.17) is 4.74 Å². The summed E-state index contributed by atoms with van der Waals surface area (Å²) in [4.78, 5) is 7.24. The third-order valence-corrected chi connectivity index (χ3v) is 5.14. The standard InChI is InChI=1S/C21H32N2O/c1-17-14-18(2)16-23(15-17)12-5-13-24-20-9-7-19(8-10-20)21-6-3-4-11-22-21/h7-10,17-18H,3-6,11-16H2,1-2H3. The van der Waals surface area contributed by atoms with Crippen molar-refractivity contribution in [1.82, 2.24) is 4.90 Å². The second-order valence-electron chi connectivity index (χ2n) is 7.72. The van der Waals surface area contributed by atoms with Crippen LogP contribution in [-0.2, 0) is 0 Å². The molecule has 1 aromatic carbocycles. The fourth-order valence-electron chi connectivity index (χ4n) is 4.13. The van der Waals surface area contributed by atoms with Crippen molar-refractivity contribution in [2.75, 3.05) is 32.8 Å². The van der Waals surface area contributed by atoms with E-state index < -0.39 is 0 Å². The number of aliphatic imine (C=N–C) groups is 1. The first-order valence-electron chi connectivity index (χ1n) is 9.69. The van der Waals surface area contributed by atoms with E-state index in [-0.39, 0.29) is 0 Å². The highest BCUT2D eigenvalue weighted by molar-refractivity contribution is 6.00. The summed E-state index contributed by atoms with van der Waals surface area (Å²) in [6.45, 7) is 10.2. The highest BCUT2D eigenvalue weighted by Gasteiger charge is 2.21. The quantitative estimate of drug-likeness (QED) is 0.723. The third kappa shape index (κ3) is 5.07. The van der Waals surface area contributed by atoms with Crippen LogP contribution in [0.15, 0.2) is 29.3 Å². The number of likely N-dealkylation sites (tertiary alicyclic amines) is 1. The lowest BCUT2D eigenvalue weighted by Gasteiger charge is -2.34. The van der Waals surface area contributed by atoms with E-state index in [1.54, 1.807) is 0 Å². The molecule has 0 bridgehead atoms.